The van der Waals surface area contributed by atoms with E-state index in [1.165, 1.54) is 6.08 Å². The third-order valence-corrected chi connectivity index (χ3v) is 2.40. The highest BCUT2D eigenvalue weighted by molar-refractivity contribution is 6.30. The van der Waals surface area contributed by atoms with Gasteiger partial charge in [-0.1, -0.05) is 42.0 Å². The highest BCUT2D eigenvalue weighted by Gasteiger charge is 2.04. The quantitative estimate of drug-likeness (QED) is 0.791. The summed E-state index contributed by atoms with van der Waals surface area (Å²) >= 11 is 5.81. The van der Waals surface area contributed by atoms with Gasteiger partial charge in [-0.2, -0.15) is 0 Å². The number of amides is 1. The van der Waals surface area contributed by atoms with Crippen molar-refractivity contribution >= 4 is 23.2 Å². The SMILES string of the molecule is O=C1\C=C/C=C\C=C(\c2ccc(Cl)cc2)N1. The van der Waals surface area contributed by atoms with Gasteiger partial charge in [-0.05, 0) is 23.8 Å². The number of nitrogens with one attached hydrogen (secondary N) is 1. The lowest BCUT2D eigenvalue weighted by atomic mass is 10.1. The molecule has 0 unspecified atom stereocenters. The number of hydrogen-bond acceptors (Lipinski definition) is 1. The van der Waals surface area contributed by atoms with Crippen LogP contribution in [-0.4, -0.2) is 5.91 Å². The lowest BCUT2D eigenvalue weighted by Gasteiger charge is -2.08. The Morgan fingerprint density at radius 2 is 1.75 bits per heavy atom. The molecule has 16 heavy (non-hydrogen) atoms. The van der Waals surface area contributed by atoms with Gasteiger partial charge in [-0.25, -0.2) is 0 Å². The molecule has 0 atom stereocenters. The van der Waals surface area contributed by atoms with Crippen molar-refractivity contribution in [1.29, 1.82) is 0 Å². The smallest absolute Gasteiger partial charge is 0.248 e. The summed E-state index contributed by atoms with van der Waals surface area (Å²) in [6, 6.07) is 7.33. The topological polar surface area (TPSA) is 29.1 Å². The fraction of sp³-hybridized carbons (Fsp3) is 0. The molecule has 0 fully saturated rings. The van der Waals surface area contributed by atoms with Gasteiger partial charge in [0.05, 0.1) is 0 Å². The van der Waals surface area contributed by atoms with Crippen molar-refractivity contribution in [2.45, 2.75) is 0 Å². The van der Waals surface area contributed by atoms with Crippen LogP contribution < -0.4 is 5.32 Å². The van der Waals surface area contributed by atoms with E-state index >= 15 is 0 Å². The van der Waals surface area contributed by atoms with Crippen LogP contribution in [0.25, 0.3) is 5.70 Å². The number of benzene rings is 1. The maximum atomic E-state index is 11.4. The first-order valence-corrected chi connectivity index (χ1v) is 5.25. The van der Waals surface area contributed by atoms with Gasteiger partial charge in [0.2, 0.25) is 5.91 Å². The maximum Gasteiger partial charge on any atom is 0.248 e. The van der Waals surface area contributed by atoms with E-state index in [4.69, 9.17) is 11.6 Å². The molecule has 80 valence electrons. The minimum Gasteiger partial charge on any atom is -0.322 e. The molecule has 3 heteroatoms. The molecule has 0 saturated heterocycles. The fourth-order valence-electron chi connectivity index (χ4n) is 1.37. The van der Waals surface area contributed by atoms with Crippen molar-refractivity contribution in [2.75, 3.05) is 0 Å². The van der Waals surface area contributed by atoms with E-state index < -0.39 is 0 Å². The van der Waals surface area contributed by atoms with Gasteiger partial charge in [0.25, 0.3) is 0 Å². The van der Waals surface area contributed by atoms with Crippen molar-refractivity contribution in [2.24, 2.45) is 0 Å². The van der Waals surface area contributed by atoms with Crippen molar-refractivity contribution in [3.63, 3.8) is 0 Å². The van der Waals surface area contributed by atoms with Gasteiger partial charge in [-0.15, -0.1) is 0 Å². The zero-order valence-corrected chi connectivity index (χ0v) is 9.24. The zero-order chi connectivity index (χ0) is 11.4. The second kappa shape index (κ2) is 4.81. The monoisotopic (exact) mass is 231 g/mol. The van der Waals surface area contributed by atoms with Crippen LogP contribution in [-0.2, 0) is 4.79 Å². The van der Waals surface area contributed by atoms with Gasteiger partial charge in [-0.3, -0.25) is 4.79 Å². The van der Waals surface area contributed by atoms with E-state index in [0.29, 0.717) is 5.02 Å². The van der Waals surface area contributed by atoms with E-state index in [2.05, 4.69) is 5.32 Å². The molecule has 0 spiro atoms. The van der Waals surface area contributed by atoms with Crippen LogP contribution in [0.5, 0.6) is 0 Å². The molecule has 1 aliphatic heterocycles. The number of rotatable bonds is 1. The van der Waals surface area contributed by atoms with Crippen LogP contribution >= 0.6 is 11.6 Å². The van der Waals surface area contributed by atoms with Crippen LogP contribution in [0.1, 0.15) is 5.56 Å². The van der Waals surface area contributed by atoms with Crippen molar-refractivity contribution in [3.8, 4) is 0 Å². The highest BCUT2D eigenvalue weighted by Crippen LogP contribution is 2.16. The molecule has 0 saturated carbocycles. The molecular formula is C13H10ClNO. The lowest BCUT2D eigenvalue weighted by Crippen LogP contribution is -2.19. The third-order valence-electron chi connectivity index (χ3n) is 2.15. The molecule has 0 aromatic heterocycles. The normalized spacial score (nSPS) is 22.3. The molecule has 1 aromatic carbocycles. The number of allylic oxidation sites excluding steroid dienone is 4. The lowest BCUT2D eigenvalue weighted by molar-refractivity contribution is -0.115. The Labute approximate surface area is 98.9 Å². The molecule has 2 rings (SSSR count). The first-order chi connectivity index (χ1) is 7.75. The molecule has 1 aromatic rings. The largest absolute Gasteiger partial charge is 0.322 e. The second-order valence-electron chi connectivity index (χ2n) is 3.32. The van der Waals surface area contributed by atoms with E-state index in [0.717, 1.165) is 11.3 Å². The second-order valence-corrected chi connectivity index (χ2v) is 3.76. The van der Waals surface area contributed by atoms with Crippen LogP contribution in [0.3, 0.4) is 0 Å². The van der Waals surface area contributed by atoms with Gasteiger partial charge in [0.15, 0.2) is 0 Å². The molecule has 2 nitrogen and oxygen atoms in total. The Bertz CT molecular complexity index is 483. The summed E-state index contributed by atoms with van der Waals surface area (Å²) in [6.07, 6.45) is 8.73. The Hall–Kier alpha value is -1.80. The van der Waals surface area contributed by atoms with E-state index in [-0.39, 0.29) is 5.91 Å². The first-order valence-electron chi connectivity index (χ1n) is 4.88. The highest BCUT2D eigenvalue weighted by atomic mass is 35.5. The average Bonchev–Trinajstić information content (AvgIpc) is 2.24. The molecule has 0 bridgehead atoms. The Kier molecular flexibility index (Phi) is 3.22. The third kappa shape index (κ3) is 2.61. The predicted molar refractivity (Wildman–Crippen MR) is 65.9 cm³/mol. The van der Waals surface area contributed by atoms with Crippen molar-refractivity contribution < 1.29 is 4.79 Å². The number of hydrogen-bond donors (Lipinski definition) is 1. The van der Waals surface area contributed by atoms with Crippen LogP contribution in [0, 0.1) is 0 Å². The van der Waals surface area contributed by atoms with Gasteiger partial charge < -0.3 is 5.32 Å². The number of carbonyl (C=O) groups is 1. The van der Waals surface area contributed by atoms with Crippen LogP contribution in [0.2, 0.25) is 5.02 Å². The Balaban J connectivity index is 2.32. The summed E-state index contributed by atoms with van der Waals surface area (Å²) < 4.78 is 0. The number of carbonyl (C=O) groups excluding carboxylic acids is 1. The molecule has 1 heterocycles. The van der Waals surface area contributed by atoms with Crippen molar-refractivity contribution in [1.82, 2.24) is 5.32 Å². The Morgan fingerprint density at radius 3 is 2.50 bits per heavy atom. The predicted octanol–water partition coefficient (Wildman–Crippen LogP) is 2.92. The zero-order valence-electron chi connectivity index (χ0n) is 8.48. The average molecular weight is 232 g/mol. The van der Waals surface area contributed by atoms with E-state index in [9.17, 15) is 4.79 Å². The maximum absolute atomic E-state index is 11.4. The molecule has 0 radical (unpaired) electrons. The molecule has 1 aliphatic rings. The molecule has 0 aliphatic carbocycles. The first kappa shape index (κ1) is 10.7. The van der Waals surface area contributed by atoms with Crippen LogP contribution in [0.4, 0.5) is 0 Å². The summed E-state index contributed by atoms with van der Waals surface area (Å²) in [5, 5.41) is 3.47. The minimum absolute atomic E-state index is 0.134. The minimum atomic E-state index is -0.134. The summed E-state index contributed by atoms with van der Waals surface area (Å²) in [4.78, 5) is 11.4. The van der Waals surface area contributed by atoms with Crippen molar-refractivity contribution in [3.05, 3.63) is 65.2 Å². The van der Waals surface area contributed by atoms with Crippen LogP contribution in [0.15, 0.2) is 54.6 Å². The summed E-state index contributed by atoms with van der Waals surface area (Å²) in [7, 11) is 0. The van der Waals surface area contributed by atoms with Gasteiger partial charge in [0.1, 0.15) is 0 Å². The standard InChI is InChI=1S/C13H10ClNO/c14-11-8-6-10(7-9-11)12-4-2-1-3-5-13(16)15-12/h1-9H,(H,15,16). The molecule has 1 amide bonds. The molecular weight excluding hydrogens is 222 g/mol. The molecule has 1 N–H and O–H groups in total. The number of halogens is 1. The van der Waals surface area contributed by atoms with E-state index in [1.807, 2.05) is 30.4 Å². The summed E-state index contributed by atoms with van der Waals surface area (Å²) in [5.41, 5.74) is 1.69. The fourth-order valence-corrected chi connectivity index (χ4v) is 1.50. The van der Waals surface area contributed by atoms with Gasteiger partial charge >= 0.3 is 0 Å². The summed E-state index contributed by atoms with van der Waals surface area (Å²) in [6.45, 7) is 0. The summed E-state index contributed by atoms with van der Waals surface area (Å²) in [5.74, 6) is -0.134. The van der Waals surface area contributed by atoms with Gasteiger partial charge in [0, 0.05) is 16.8 Å². The van der Waals surface area contributed by atoms with E-state index in [1.54, 1.807) is 18.2 Å². The Morgan fingerprint density at radius 1 is 1.00 bits per heavy atom.